The molecule has 8 heteroatoms. The van der Waals surface area contributed by atoms with Crippen molar-refractivity contribution in [3.05, 3.63) is 70.0 Å². The van der Waals surface area contributed by atoms with Gasteiger partial charge < -0.3 is 10.1 Å². The molecular formula is C18H17FN2O5. The Morgan fingerprint density at radius 2 is 1.81 bits per heavy atom. The van der Waals surface area contributed by atoms with Crippen LogP contribution in [0.3, 0.4) is 0 Å². The van der Waals surface area contributed by atoms with E-state index in [2.05, 4.69) is 5.32 Å². The number of carbonyl (C=O) groups is 2. The maximum Gasteiger partial charge on any atom is 0.306 e. The smallest absolute Gasteiger partial charge is 0.306 e. The minimum atomic E-state index is -0.551. The number of esters is 1. The van der Waals surface area contributed by atoms with Crippen LogP contribution in [0.4, 0.5) is 15.8 Å². The molecule has 0 amide bonds. The van der Waals surface area contributed by atoms with Crippen molar-refractivity contribution in [1.29, 1.82) is 0 Å². The lowest BCUT2D eigenvalue weighted by molar-refractivity contribution is -0.384. The van der Waals surface area contributed by atoms with E-state index in [1.165, 1.54) is 18.2 Å². The number of hydrogen-bond acceptors (Lipinski definition) is 6. The number of nitrogens with zero attached hydrogens (tertiary/aromatic N) is 1. The quantitative estimate of drug-likeness (QED) is 0.242. The van der Waals surface area contributed by atoms with Gasteiger partial charge in [-0.2, -0.15) is 0 Å². The molecule has 0 aromatic heterocycles. The molecule has 0 unspecified atom stereocenters. The van der Waals surface area contributed by atoms with Gasteiger partial charge in [0.25, 0.3) is 5.69 Å². The molecule has 2 aromatic rings. The molecule has 0 aliphatic rings. The van der Waals surface area contributed by atoms with E-state index >= 15 is 0 Å². The molecule has 0 spiro atoms. The van der Waals surface area contributed by atoms with Gasteiger partial charge in [-0.25, -0.2) is 4.39 Å². The molecule has 0 saturated carbocycles. The SMILES string of the molecule is O=C(CCCNc1ccccc1[N+](=O)[O-])OCC(=O)c1ccc(F)cc1. The number of nitrogens with one attached hydrogen (secondary N) is 1. The van der Waals surface area contributed by atoms with Crippen molar-refractivity contribution in [3.63, 3.8) is 0 Å². The summed E-state index contributed by atoms with van der Waals surface area (Å²) in [5.41, 5.74) is 0.592. The third-order valence-electron chi connectivity index (χ3n) is 3.50. The van der Waals surface area contributed by atoms with Gasteiger partial charge in [-0.1, -0.05) is 12.1 Å². The zero-order valence-electron chi connectivity index (χ0n) is 13.8. The molecule has 0 saturated heterocycles. The summed E-state index contributed by atoms with van der Waals surface area (Å²) in [4.78, 5) is 33.8. The first kappa shape index (κ1) is 19.0. The van der Waals surface area contributed by atoms with Gasteiger partial charge in [0.2, 0.25) is 0 Å². The summed E-state index contributed by atoms with van der Waals surface area (Å²) in [5.74, 6) is -1.43. The minimum absolute atomic E-state index is 0.0417. The average Bonchev–Trinajstić information content (AvgIpc) is 2.64. The number of nitro benzene ring substituents is 1. The summed E-state index contributed by atoms with van der Waals surface area (Å²) in [5, 5.41) is 13.8. The summed E-state index contributed by atoms with van der Waals surface area (Å²) in [7, 11) is 0. The highest BCUT2D eigenvalue weighted by molar-refractivity contribution is 5.97. The third kappa shape index (κ3) is 5.66. The second kappa shape index (κ2) is 9.26. The third-order valence-corrected chi connectivity index (χ3v) is 3.50. The molecule has 2 aromatic carbocycles. The number of carbonyl (C=O) groups excluding carboxylic acids is 2. The number of halogens is 1. The van der Waals surface area contributed by atoms with E-state index in [0.29, 0.717) is 18.7 Å². The number of ketones is 1. The first-order valence-corrected chi connectivity index (χ1v) is 7.89. The molecule has 2 rings (SSSR count). The Hall–Kier alpha value is -3.29. The molecule has 0 atom stereocenters. The highest BCUT2D eigenvalue weighted by atomic mass is 19.1. The second-order valence-electron chi connectivity index (χ2n) is 5.40. The molecule has 0 aliphatic carbocycles. The van der Waals surface area contributed by atoms with Gasteiger partial charge in [0, 0.05) is 24.6 Å². The standard InChI is InChI=1S/C18H17FN2O5/c19-14-9-7-13(8-10-14)17(22)12-26-18(23)6-3-11-20-15-4-1-2-5-16(15)21(24)25/h1-2,4-5,7-10,20H,3,6,11-12H2. The molecule has 0 heterocycles. The number of hydrogen-bond donors (Lipinski definition) is 1. The van der Waals surface area contributed by atoms with Crippen molar-refractivity contribution < 1.29 is 23.6 Å². The van der Waals surface area contributed by atoms with Crippen molar-refractivity contribution in [2.24, 2.45) is 0 Å². The lowest BCUT2D eigenvalue weighted by atomic mass is 10.1. The van der Waals surface area contributed by atoms with E-state index in [9.17, 15) is 24.1 Å². The van der Waals surface area contributed by atoms with Crippen LogP contribution in [0.15, 0.2) is 48.5 Å². The van der Waals surface area contributed by atoms with Crippen LogP contribution in [0.5, 0.6) is 0 Å². The molecule has 7 nitrogen and oxygen atoms in total. The fraction of sp³-hybridized carbons (Fsp3) is 0.222. The fourth-order valence-corrected chi connectivity index (χ4v) is 2.18. The van der Waals surface area contributed by atoms with Crippen LogP contribution in [-0.2, 0) is 9.53 Å². The number of ether oxygens (including phenoxy) is 1. The van der Waals surface area contributed by atoms with Gasteiger partial charge >= 0.3 is 5.97 Å². The average molecular weight is 360 g/mol. The molecular weight excluding hydrogens is 343 g/mol. The van der Waals surface area contributed by atoms with E-state index in [0.717, 1.165) is 12.1 Å². The summed E-state index contributed by atoms with van der Waals surface area (Å²) < 4.78 is 17.7. The van der Waals surface area contributed by atoms with Crippen molar-refractivity contribution >= 4 is 23.1 Å². The predicted octanol–water partition coefficient (Wildman–Crippen LogP) is 3.35. The van der Waals surface area contributed by atoms with Crippen LogP contribution in [0.2, 0.25) is 0 Å². The number of para-hydroxylation sites is 2. The lowest BCUT2D eigenvalue weighted by Crippen LogP contribution is -2.15. The molecule has 0 aliphatic heterocycles. The molecule has 26 heavy (non-hydrogen) atoms. The van der Waals surface area contributed by atoms with Gasteiger partial charge in [0.05, 0.1) is 4.92 Å². The molecule has 1 N–H and O–H groups in total. The van der Waals surface area contributed by atoms with E-state index in [1.54, 1.807) is 18.2 Å². The molecule has 0 fully saturated rings. The van der Waals surface area contributed by atoms with Gasteiger partial charge in [0.15, 0.2) is 12.4 Å². The second-order valence-corrected chi connectivity index (χ2v) is 5.40. The van der Waals surface area contributed by atoms with Gasteiger partial charge in [-0.05, 0) is 36.8 Å². The van der Waals surface area contributed by atoms with Crippen LogP contribution in [0, 0.1) is 15.9 Å². The lowest BCUT2D eigenvalue weighted by Gasteiger charge is -2.07. The van der Waals surface area contributed by atoms with Crippen molar-refractivity contribution in [2.75, 3.05) is 18.5 Å². The molecule has 0 bridgehead atoms. The topological polar surface area (TPSA) is 98.5 Å². The zero-order valence-corrected chi connectivity index (χ0v) is 13.8. The number of benzene rings is 2. The summed E-state index contributed by atoms with van der Waals surface area (Å²) in [6.07, 6.45) is 0.444. The molecule has 136 valence electrons. The van der Waals surface area contributed by atoms with Crippen LogP contribution in [0.1, 0.15) is 23.2 Å². The van der Waals surface area contributed by atoms with Crippen LogP contribution in [-0.4, -0.2) is 29.8 Å². The Kier molecular flexibility index (Phi) is 6.78. The fourth-order valence-electron chi connectivity index (χ4n) is 2.18. The highest BCUT2D eigenvalue weighted by Gasteiger charge is 2.12. The summed E-state index contributed by atoms with van der Waals surface area (Å²) >= 11 is 0. The highest BCUT2D eigenvalue weighted by Crippen LogP contribution is 2.22. The number of Topliss-reactive ketones (excluding diaryl/α,β-unsaturated/α-hetero) is 1. The zero-order chi connectivity index (χ0) is 18.9. The summed E-state index contributed by atoms with van der Waals surface area (Å²) in [6, 6.07) is 11.2. The first-order chi connectivity index (χ1) is 12.5. The Morgan fingerprint density at radius 1 is 1.12 bits per heavy atom. The van der Waals surface area contributed by atoms with E-state index < -0.39 is 29.1 Å². The van der Waals surface area contributed by atoms with Gasteiger partial charge in [-0.15, -0.1) is 0 Å². The maximum atomic E-state index is 12.8. The Bertz CT molecular complexity index is 792. The Balaban J connectivity index is 1.70. The predicted molar refractivity (Wildman–Crippen MR) is 92.5 cm³/mol. The van der Waals surface area contributed by atoms with Gasteiger partial charge in [0.1, 0.15) is 11.5 Å². The van der Waals surface area contributed by atoms with E-state index in [-0.39, 0.29) is 17.7 Å². The van der Waals surface area contributed by atoms with E-state index in [1.807, 2.05) is 0 Å². The Labute approximate surface area is 148 Å². The Morgan fingerprint density at radius 3 is 2.50 bits per heavy atom. The number of anilines is 1. The van der Waals surface area contributed by atoms with Crippen LogP contribution in [0.25, 0.3) is 0 Å². The first-order valence-electron chi connectivity index (χ1n) is 7.89. The van der Waals surface area contributed by atoms with E-state index in [4.69, 9.17) is 4.74 Å². The minimum Gasteiger partial charge on any atom is -0.457 e. The van der Waals surface area contributed by atoms with Crippen LogP contribution < -0.4 is 5.32 Å². The van der Waals surface area contributed by atoms with Gasteiger partial charge in [-0.3, -0.25) is 19.7 Å². The maximum absolute atomic E-state index is 12.8. The monoisotopic (exact) mass is 360 g/mol. The number of rotatable bonds is 9. The van der Waals surface area contributed by atoms with Crippen molar-refractivity contribution in [2.45, 2.75) is 12.8 Å². The summed E-state index contributed by atoms with van der Waals surface area (Å²) in [6.45, 7) is -0.0755. The normalized spacial score (nSPS) is 10.2. The van der Waals surface area contributed by atoms with Crippen molar-refractivity contribution in [3.8, 4) is 0 Å². The number of nitro groups is 1. The largest absolute Gasteiger partial charge is 0.457 e. The van der Waals surface area contributed by atoms with Crippen LogP contribution >= 0.6 is 0 Å². The van der Waals surface area contributed by atoms with Crippen molar-refractivity contribution in [1.82, 2.24) is 0 Å². The molecule has 0 radical (unpaired) electrons.